The molecule has 1 fully saturated rings. The Balaban J connectivity index is 1.38. The van der Waals surface area contributed by atoms with Crippen LogP contribution in [-0.2, 0) is 17.9 Å². The van der Waals surface area contributed by atoms with Gasteiger partial charge in [0.15, 0.2) is 5.78 Å². The lowest BCUT2D eigenvalue weighted by Crippen LogP contribution is -2.43. The Kier molecular flexibility index (Phi) is 7.62. The highest BCUT2D eigenvalue weighted by Crippen LogP contribution is 2.22. The summed E-state index contributed by atoms with van der Waals surface area (Å²) in [5.41, 5.74) is 2.35. The monoisotopic (exact) mass is 419 g/mol. The van der Waals surface area contributed by atoms with Gasteiger partial charge >= 0.3 is 0 Å². The minimum atomic E-state index is -0.113. The standard InChI is InChI=1S/C21H26ClN3O2S/c1-24-10-12-25(13-11-24)15-17-4-2-16(3-5-17)14-23-21(27)9-6-18(26)19-7-8-20(22)28-19/h2-5,7-8H,6,9-15H2,1H3,(H,23,27). The highest BCUT2D eigenvalue weighted by Gasteiger charge is 2.14. The fraction of sp³-hybridized carbons (Fsp3) is 0.429. The van der Waals surface area contributed by atoms with Gasteiger partial charge in [0, 0.05) is 52.1 Å². The van der Waals surface area contributed by atoms with Crippen molar-refractivity contribution in [1.29, 1.82) is 0 Å². The van der Waals surface area contributed by atoms with Gasteiger partial charge < -0.3 is 10.2 Å². The van der Waals surface area contributed by atoms with Gasteiger partial charge in [-0.15, -0.1) is 11.3 Å². The topological polar surface area (TPSA) is 52.6 Å². The molecule has 1 aromatic carbocycles. The van der Waals surface area contributed by atoms with Crippen LogP contribution < -0.4 is 5.32 Å². The van der Waals surface area contributed by atoms with Crippen molar-refractivity contribution >= 4 is 34.6 Å². The number of carbonyl (C=O) groups is 2. The number of ketones is 1. The van der Waals surface area contributed by atoms with E-state index in [-0.39, 0.29) is 24.5 Å². The molecule has 1 N–H and O–H groups in total. The molecule has 3 rings (SSSR count). The molecule has 0 unspecified atom stereocenters. The zero-order valence-electron chi connectivity index (χ0n) is 16.1. The Morgan fingerprint density at radius 1 is 1.00 bits per heavy atom. The number of amides is 1. The van der Waals surface area contributed by atoms with E-state index in [4.69, 9.17) is 11.6 Å². The van der Waals surface area contributed by atoms with E-state index < -0.39 is 0 Å². The van der Waals surface area contributed by atoms with Gasteiger partial charge in [0.2, 0.25) is 5.91 Å². The minimum Gasteiger partial charge on any atom is -0.352 e. The second kappa shape index (κ2) is 10.2. The maximum absolute atomic E-state index is 12.0. The molecule has 0 saturated carbocycles. The first-order chi connectivity index (χ1) is 13.5. The van der Waals surface area contributed by atoms with Crippen LogP contribution in [0.2, 0.25) is 4.34 Å². The number of Topliss-reactive ketones (excluding diaryl/α,β-unsaturated/α-hetero) is 1. The molecule has 0 aliphatic carbocycles. The van der Waals surface area contributed by atoms with E-state index in [0.717, 1.165) is 38.3 Å². The smallest absolute Gasteiger partial charge is 0.220 e. The Labute approximate surface area is 175 Å². The van der Waals surface area contributed by atoms with Crippen LogP contribution in [0.15, 0.2) is 36.4 Å². The zero-order valence-corrected chi connectivity index (χ0v) is 17.7. The predicted molar refractivity (Wildman–Crippen MR) is 114 cm³/mol. The van der Waals surface area contributed by atoms with E-state index in [1.807, 2.05) is 0 Å². The van der Waals surface area contributed by atoms with Crippen molar-refractivity contribution < 1.29 is 9.59 Å². The van der Waals surface area contributed by atoms with Gasteiger partial charge in [-0.2, -0.15) is 0 Å². The van der Waals surface area contributed by atoms with Crippen LogP contribution in [0.3, 0.4) is 0 Å². The number of thiophene rings is 1. The Bertz CT molecular complexity index is 798. The number of nitrogens with zero attached hydrogens (tertiary/aromatic N) is 2. The third-order valence-electron chi connectivity index (χ3n) is 4.94. The lowest BCUT2D eigenvalue weighted by molar-refractivity contribution is -0.121. The molecule has 1 aromatic heterocycles. The highest BCUT2D eigenvalue weighted by atomic mass is 35.5. The van der Waals surface area contributed by atoms with Crippen LogP contribution in [0.1, 0.15) is 33.6 Å². The molecule has 1 saturated heterocycles. The summed E-state index contributed by atoms with van der Waals surface area (Å²) in [6.07, 6.45) is 0.391. The van der Waals surface area contributed by atoms with Gasteiger partial charge in [0.05, 0.1) is 9.21 Å². The summed E-state index contributed by atoms with van der Waals surface area (Å²) in [4.78, 5) is 29.5. The van der Waals surface area contributed by atoms with Crippen molar-refractivity contribution in [1.82, 2.24) is 15.1 Å². The number of likely N-dealkylation sites (N-methyl/N-ethyl adjacent to an activating group) is 1. The summed E-state index contributed by atoms with van der Waals surface area (Å²) in [6.45, 7) is 5.88. The minimum absolute atomic E-state index is 0.0414. The zero-order chi connectivity index (χ0) is 19.9. The lowest BCUT2D eigenvalue weighted by Gasteiger charge is -2.32. The number of hydrogen-bond donors (Lipinski definition) is 1. The third kappa shape index (κ3) is 6.41. The van der Waals surface area contributed by atoms with Crippen LogP contribution in [0.5, 0.6) is 0 Å². The summed E-state index contributed by atoms with van der Waals surface area (Å²) in [5, 5.41) is 2.89. The molecule has 150 valence electrons. The summed E-state index contributed by atoms with van der Waals surface area (Å²) in [5.74, 6) is -0.155. The summed E-state index contributed by atoms with van der Waals surface area (Å²) in [6, 6.07) is 11.8. The molecular formula is C21H26ClN3O2S. The van der Waals surface area contributed by atoms with E-state index in [1.54, 1.807) is 12.1 Å². The second-order valence-electron chi connectivity index (χ2n) is 7.20. The first kappa shape index (κ1) is 21.0. The lowest BCUT2D eigenvalue weighted by atomic mass is 10.1. The number of piperazine rings is 1. The first-order valence-corrected chi connectivity index (χ1v) is 10.7. The van der Waals surface area contributed by atoms with Gasteiger partial charge in [-0.3, -0.25) is 14.5 Å². The molecule has 1 amide bonds. The van der Waals surface area contributed by atoms with Crippen LogP contribution in [0.4, 0.5) is 0 Å². The fourth-order valence-corrected chi connectivity index (χ4v) is 4.14. The molecule has 0 radical (unpaired) electrons. The first-order valence-electron chi connectivity index (χ1n) is 9.53. The largest absolute Gasteiger partial charge is 0.352 e. The molecule has 28 heavy (non-hydrogen) atoms. The van der Waals surface area contributed by atoms with Gasteiger partial charge in [0.25, 0.3) is 0 Å². The highest BCUT2D eigenvalue weighted by molar-refractivity contribution is 7.18. The van der Waals surface area contributed by atoms with E-state index in [0.29, 0.717) is 15.8 Å². The number of rotatable bonds is 8. The maximum atomic E-state index is 12.0. The Morgan fingerprint density at radius 2 is 1.68 bits per heavy atom. The average molecular weight is 420 g/mol. The molecule has 1 aliphatic heterocycles. The maximum Gasteiger partial charge on any atom is 0.220 e. The normalized spacial score (nSPS) is 15.5. The van der Waals surface area contributed by atoms with Crippen molar-refractivity contribution in [3.8, 4) is 0 Å². The average Bonchev–Trinajstić information content (AvgIpc) is 3.14. The number of benzene rings is 1. The quantitative estimate of drug-likeness (QED) is 0.666. The molecule has 0 atom stereocenters. The van der Waals surface area contributed by atoms with Crippen molar-refractivity contribution in [3.05, 3.63) is 56.7 Å². The third-order valence-corrected chi connectivity index (χ3v) is 6.21. The SMILES string of the molecule is CN1CCN(Cc2ccc(CNC(=O)CCC(=O)c3ccc(Cl)s3)cc2)CC1. The molecule has 7 heteroatoms. The van der Waals surface area contributed by atoms with Gasteiger partial charge in [-0.25, -0.2) is 0 Å². The summed E-state index contributed by atoms with van der Waals surface area (Å²) in [7, 11) is 2.16. The van der Waals surface area contributed by atoms with Crippen LogP contribution >= 0.6 is 22.9 Å². The van der Waals surface area contributed by atoms with Crippen LogP contribution in [0, 0.1) is 0 Å². The van der Waals surface area contributed by atoms with E-state index >= 15 is 0 Å². The van der Waals surface area contributed by atoms with E-state index in [9.17, 15) is 9.59 Å². The predicted octanol–water partition coefficient (Wildman–Crippen LogP) is 3.43. The summed E-state index contributed by atoms with van der Waals surface area (Å²) >= 11 is 7.09. The van der Waals surface area contributed by atoms with Crippen molar-refractivity contribution in [2.45, 2.75) is 25.9 Å². The fourth-order valence-electron chi connectivity index (χ4n) is 3.13. The molecular weight excluding hydrogens is 394 g/mol. The number of hydrogen-bond acceptors (Lipinski definition) is 5. The van der Waals surface area contributed by atoms with Gasteiger partial charge in [0.1, 0.15) is 0 Å². The number of halogens is 1. The van der Waals surface area contributed by atoms with Crippen molar-refractivity contribution in [2.24, 2.45) is 0 Å². The van der Waals surface area contributed by atoms with Crippen LogP contribution in [-0.4, -0.2) is 54.7 Å². The molecule has 2 aromatic rings. The van der Waals surface area contributed by atoms with E-state index in [2.05, 4.69) is 46.4 Å². The van der Waals surface area contributed by atoms with Gasteiger partial charge in [-0.1, -0.05) is 35.9 Å². The Morgan fingerprint density at radius 3 is 2.32 bits per heavy atom. The second-order valence-corrected chi connectivity index (χ2v) is 8.91. The summed E-state index contributed by atoms with van der Waals surface area (Å²) < 4.78 is 0.587. The molecule has 5 nitrogen and oxygen atoms in total. The number of carbonyl (C=O) groups excluding carboxylic acids is 2. The van der Waals surface area contributed by atoms with Crippen LogP contribution in [0.25, 0.3) is 0 Å². The van der Waals surface area contributed by atoms with Gasteiger partial charge in [-0.05, 0) is 30.3 Å². The Hall–Kier alpha value is -1.73. The molecule has 0 spiro atoms. The molecule has 0 bridgehead atoms. The number of nitrogens with one attached hydrogen (secondary N) is 1. The van der Waals surface area contributed by atoms with E-state index in [1.165, 1.54) is 16.9 Å². The van der Waals surface area contributed by atoms with Crippen molar-refractivity contribution in [3.63, 3.8) is 0 Å². The molecule has 2 heterocycles. The van der Waals surface area contributed by atoms with Crippen molar-refractivity contribution in [2.75, 3.05) is 33.2 Å². The molecule has 1 aliphatic rings.